The number of thiazole rings is 1. The lowest BCUT2D eigenvalue weighted by Crippen LogP contribution is -2.22. The van der Waals surface area contributed by atoms with Crippen molar-refractivity contribution >= 4 is 27.3 Å². The second-order valence-electron chi connectivity index (χ2n) is 4.62. The van der Waals surface area contributed by atoms with Crippen molar-refractivity contribution in [3.8, 4) is 0 Å². The van der Waals surface area contributed by atoms with E-state index in [2.05, 4.69) is 69.7 Å². The Hall–Kier alpha value is -0.710. The molecule has 0 bridgehead atoms. The van der Waals surface area contributed by atoms with Gasteiger partial charge in [0.15, 0.2) is 0 Å². The number of nitrogens with zero attached hydrogens (tertiary/aromatic N) is 1. The van der Waals surface area contributed by atoms with Gasteiger partial charge in [-0.2, -0.15) is 0 Å². The molecule has 1 unspecified atom stereocenters. The number of likely N-dealkylation sites (N-methyl/N-ethyl adjacent to an activating group) is 1. The number of nitrogens with one attached hydrogen (secondary N) is 1. The summed E-state index contributed by atoms with van der Waals surface area (Å²) in [6.45, 7) is 6.20. The summed E-state index contributed by atoms with van der Waals surface area (Å²) in [6, 6.07) is 8.62. The molecule has 2 nitrogen and oxygen atoms in total. The van der Waals surface area contributed by atoms with Gasteiger partial charge in [0.1, 0.15) is 0 Å². The minimum Gasteiger partial charge on any atom is -0.316 e. The van der Waals surface area contributed by atoms with E-state index in [4.69, 9.17) is 0 Å². The summed E-state index contributed by atoms with van der Waals surface area (Å²) in [5.41, 5.74) is 2.57. The molecule has 0 saturated carbocycles. The maximum Gasteiger partial charge on any atom is 0.0897 e. The van der Waals surface area contributed by atoms with Crippen molar-refractivity contribution in [3.05, 3.63) is 50.4 Å². The van der Waals surface area contributed by atoms with Crippen LogP contribution in [0.1, 0.15) is 29.1 Å². The van der Waals surface area contributed by atoms with Gasteiger partial charge in [0, 0.05) is 22.3 Å². The van der Waals surface area contributed by atoms with Gasteiger partial charge in [-0.3, -0.25) is 0 Å². The normalized spacial score (nSPS) is 12.6. The van der Waals surface area contributed by atoms with Crippen molar-refractivity contribution in [3.63, 3.8) is 0 Å². The molecule has 0 saturated heterocycles. The van der Waals surface area contributed by atoms with Crippen LogP contribution in [-0.2, 0) is 6.42 Å². The van der Waals surface area contributed by atoms with Crippen LogP contribution in [0.2, 0.25) is 0 Å². The molecule has 0 radical (unpaired) electrons. The number of benzene rings is 1. The van der Waals surface area contributed by atoms with Gasteiger partial charge in [0.25, 0.3) is 0 Å². The van der Waals surface area contributed by atoms with Gasteiger partial charge in [0.05, 0.1) is 10.7 Å². The van der Waals surface area contributed by atoms with Gasteiger partial charge in [0.2, 0.25) is 0 Å². The third-order valence-electron chi connectivity index (χ3n) is 3.10. The quantitative estimate of drug-likeness (QED) is 0.855. The zero-order valence-corrected chi connectivity index (χ0v) is 13.7. The Morgan fingerprint density at radius 2 is 2.05 bits per heavy atom. The van der Waals surface area contributed by atoms with Crippen molar-refractivity contribution in [1.29, 1.82) is 0 Å². The highest BCUT2D eigenvalue weighted by Gasteiger charge is 2.13. The molecule has 2 rings (SSSR count). The topological polar surface area (TPSA) is 24.9 Å². The molecular formula is C15H19BrN2S. The van der Waals surface area contributed by atoms with Gasteiger partial charge in [-0.05, 0) is 37.6 Å². The highest BCUT2D eigenvalue weighted by atomic mass is 79.9. The lowest BCUT2D eigenvalue weighted by molar-refractivity contribution is 0.590. The Morgan fingerprint density at radius 3 is 2.63 bits per heavy atom. The number of rotatable bonds is 6. The number of aromatic nitrogens is 1. The molecule has 102 valence electrons. The summed E-state index contributed by atoms with van der Waals surface area (Å²) in [5, 5.41) is 6.77. The molecule has 1 heterocycles. The van der Waals surface area contributed by atoms with E-state index >= 15 is 0 Å². The number of halogens is 1. The van der Waals surface area contributed by atoms with Gasteiger partial charge >= 0.3 is 0 Å². The average molecular weight is 339 g/mol. The highest BCUT2D eigenvalue weighted by Crippen LogP contribution is 2.23. The first-order chi connectivity index (χ1) is 9.19. The van der Waals surface area contributed by atoms with E-state index in [-0.39, 0.29) is 0 Å². The molecule has 19 heavy (non-hydrogen) atoms. The van der Waals surface area contributed by atoms with Crippen molar-refractivity contribution in [2.45, 2.75) is 26.2 Å². The van der Waals surface area contributed by atoms with Gasteiger partial charge < -0.3 is 5.32 Å². The minimum absolute atomic E-state index is 0.481. The summed E-state index contributed by atoms with van der Waals surface area (Å²) in [7, 11) is 0. The van der Waals surface area contributed by atoms with E-state index in [1.165, 1.54) is 11.3 Å². The predicted octanol–water partition coefficient (Wildman–Crippen LogP) is 4.15. The van der Waals surface area contributed by atoms with Crippen LogP contribution in [0.15, 0.2) is 34.1 Å². The van der Waals surface area contributed by atoms with Gasteiger partial charge in [-0.1, -0.05) is 35.0 Å². The average Bonchev–Trinajstić information content (AvgIpc) is 2.81. The van der Waals surface area contributed by atoms with E-state index in [1.807, 2.05) is 0 Å². The fraction of sp³-hybridized carbons (Fsp3) is 0.400. The Kier molecular flexibility index (Phi) is 5.55. The summed E-state index contributed by atoms with van der Waals surface area (Å²) in [4.78, 5) is 4.58. The largest absolute Gasteiger partial charge is 0.316 e. The fourth-order valence-corrected chi connectivity index (χ4v) is 3.01. The lowest BCUT2D eigenvalue weighted by atomic mass is 9.94. The number of hydrogen-bond acceptors (Lipinski definition) is 3. The van der Waals surface area contributed by atoms with Crippen LogP contribution < -0.4 is 5.32 Å². The van der Waals surface area contributed by atoms with Crippen LogP contribution in [0.25, 0.3) is 0 Å². The first-order valence-electron chi connectivity index (χ1n) is 6.56. The molecule has 1 aromatic heterocycles. The van der Waals surface area contributed by atoms with Gasteiger partial charge in [-0.25, -0.2) is 4.98 Å². The van der Waals surface area contributed by atoms with Crippen LogP contribution in [0.4, 0.5) is 0 Å². The zero-order chi connectivity index (χ0) is 13.7. The zero-order valence-electron chi connectivity index (χ0n) is 11.3. The first kappa shape index (κ1) is 14.7. The first-order valence-corrected chi connectivity index (χ1v) is 8.23. The van der Waals surface area contributed by atoms with E-state index < -0.39 is 0 Å². The maximum absolute atomic E-state index is 4.58. The van der Waals surface area contributed by atoms with Crippen molar-refractivity contribution in [2.75, 3.05) is 13.1 Å². The predicted molar refractivity (Wildman–Crippen MR) is 86.0 cm³/mol. The van der Waals surface area contributed by atoms with Crippen LogP contribution in [0, 0.1) is 6.92 Å². The smallest absolute Gasteiger partial charge is 0.0897 e. The monoisotopic (exact) mass is 338 g/mol. The molecule has 0 fully saturated rings. The second kappa shape index (κ2) is 7.17. The van der Waals surface area contributed by atoms with Crippen molar-refractivity contribution < 1.29 is 0 Å². The number of aryl methyl sites for hydroxylation is 1. The van der Waals surface area contributed by atoms with E-state index in [1.54, 1.807) is 11.3 Å². The molecule has 4 heteroatoms. The van der Waals surface area contributed by atoms with Crippen LogP contribution in [0.3, 0.4) is 0 Å². The third kappa shape index (κ3) is 4.41. The fourth-order valence-electron chi connectivity index (χ4n) is 2.12. The molecule has 0 amide bonds. The minimum atomic E-state index is 0.481. The SMILES string of the molecule is CCNCC(Cc1csc(C)n1)c1ccc(Br)cc1. The molecule has 2 aromatic rings. The summed E-state index contributed by atoms with van der Waals surface area (Å²) in [6.07, 6.45) is 0.999. The van der Waals surface area contributed by atoms with E-state index in [0.29, 0.717) is 5.92 Å². The molecule has 1 atom stereocenters. The van der Waals surface area contributed by atoms with Crippen LogP contribution >= 0.6 is 27.3 Å². The standard InChI is InChI=1S/C15H19BrN2S/c1-3-17-9-13(8-15-10-19-11(2)18-15)12-4-6-14(16)7-5-12/h4-7,10,13,17H,3,8-9H2,1-2H3. The molecule has 1 aromatic carbocycles. The van der Waals surface area contributed by atoms with Crippen LogP contribution in [-0.4, -0.2) is 18.1 Å². The highest BCUT2D eigenvalue weighted by molar-refractivity contribution is 9.10. The van der Waals surface area contributed by atoms with E-state index in [9.17, 15) is 0 Å². The van der Waals surface area contributed by atoms with Gasteiger partial charge in [-0.15, -0.1) is 11.3 Å². The molecule has 0 spiro atoms. The Labute approximate surface area is 127 Å². The van der Waals surface area contributed by atoms with Crippen molar-refractivity contribution in [2.24, 2.45) is 0 Å². The molecule has 0 aliphatic heterocycles. The second-order valence-corrected chi connectivity index (χ2v) is 6.60. The Morgan fingerprint density at radius 1 is 1.32 bits per heavy atom. The molecule has 0 aliphatic rings. The summed E-state index contributed by atoms with van der Waals surface area (Å²) >= 11 is 5.22. The molecular weight excluding hydrogens is 320 g/mol. The Balaban J connectivity index is 2.13. The summed E-state index contributed by atoms with van der Waals surface area (Å²) < 4.78 is 1.13. The molecule has 1 N–H and O–H groups in total. The van der Waals surface area contributed by atoms with Crippen molar-refractivity contribution in [1.82, 2.24) is 10.3 Å². The van der Waals surface area contributed by atoms with E-state index in [0.717, 1.165) is 29.0 Å². The summed E-state index contributed by atoms with van der Waals surface area (Å²) in [5.74, 6) is 0.481. The molecule has 0 aliphatic carbocycles. The van der Waals surface area contributed by atoms with Crippen LogP contribution in [0.5, 0.6) is 0 Å². The third-order valence-corrected chi connectivity index (χ3v) is 4.46. The maximum atomic E-state index is 4.58. The lowest BCUT2D eigenvalue weighted by Gasteiger charge is -2.17. The Bertz CT molecular complexity index is 507. The number of hydrogen-bond donors (Lipinski definition) is 1.